The van der Waals surface area contributed by atoms with Crippen LogP contribution in [0.15, 0.2) is 24.3 Å². The number of benzene rings is 1. The molecule has 1 aromatic carbocycles. The van der Waals surface area contributed by atoms with Crippen molar-refractivity contribution < 1.29 is 19.1 Å². The molecule has 3 amide bonds. The summed E-state index contributed by atoms with van der Waals surface area (Å²) in [6, 6.07) is 7.27. The molecular weight excluding hydrogens is 322 g/mol. The number of hydrogen-bond donors (Lipinski definition) is 1. The molecule has 2 saturated heterocycles. The van der Waals surface area contributed by atoms with E-state index in [0.29, 0.717) is 38.2 Å². The number of likely N-dealkylation sites (tertiary alicyclic amines) is 1. The van der Waals surface area contributed by atoms with Crippen LogP contribution >= 0.6 is 0 Å². The fourth-order valence-corrected chi connectivity index (χ4v) is 3.54. The molecule has 134 valence electrons. The number of nitrogens with two attached hydrogens (primary N) is 1. The second-order valence-electron chi connectivity index (χ2n) is 6.61. The molecule has 1 atom stereocenters. The first kappa shape index (κ1) is 17.3. The van der Waals surface area contributed by atoms with Gasteiger partial charge in [-0.15, -0.1) is 0 Å². The van der Waals surface area contributed by atoms with E-state index in [0.717, 1.165) is 5.69 Å². The molecule has 0 radical (unpaired) electrons. The number of nitrogens with zero attached hydrogens (tertiary/aromatic N) is 2. The van der Waals surface area contributed by atoms with Crippen LogP contribution in [0.5, 0.6) is 5.75 Å². The molecule has 25 heavy (non-hydrogen) atoms. The smallest absolute Gasteiger partial charge is 0.228 e. The highest BCUT2D eigenvalue weighted by atomic mass is 16.5. The Hall–Kier alpha value is -2.57. The first-order chi connectivity index (χ1) is 12.0. The van der Waals surface area contributed by atoms with Crippen LogP contribution in [0.3, 0.4) is 0 Å². The molecule has 2 N–H and O–H groups in total. The summed E-state index contributed by atoms with van der Waals surface area (Å²) in [5, 5.41) is 0. The third kappa shape index (κ3) is 3.60. The van der Waals surface area contributed by atoms with E-state index >= 15 is 0 Å². The van der Waals surface area contributed by atoms with Gasteiger partial charge in [-0.3, -0.25) is 14.4 Å². The average Bonchev–Trinajstić information content (AvgIpc) is 3.03. The molecule has 7 nitrogen and oxygen atoms in total. The lowest BCUT2D eigenvalue weighted by Crippen LogP contribution is -2.44. The molecule has 7 heteroatoms. The Bertz CT molecular complexity index is 683. The molecular formula is C18H23N3O4. The van der Waals surface area contributed by atoms with Crippen LogP contribution in [0.1, 0.15) is 19.3 Å². The zero-order chi connectivity index (χ0) is 18.0. The van der Waals surface area contributed by atoms with Crippen LogP contribution < -0.4 is 15.4 Å². The largest absolute Gasteiger partial charge is 0.497 e. The van der Waals surface area contributed by atoms with E-state index in [9.17, 15) is 14.4 Å². The molecule has 0 spiro atoms. The summed E-state index contributed by atoms with van der Waals surface area (Å²) in [6.45, 7) is 1.42. The SMILES string of the molecule is COc1cccc(N2C[C@@H](C(=O)N3CCC(C(N)=O)CC3)CC2=O)c1. The second-order valence-corrected chi connectivity index (χ2v) is 6.61. The lowest BCUT2D eigenvalue weighted by atomic mass is 9.95. The minimum absolute atomic E-state index is 0.0123. The molecule has 2 fully saturated rings. The lowest BCUT2D eigenvalue weighted by molar-refractivity contribution is -0.138. The third-order valence-corrected chi connectivity index (χ3v) is 5.05. The van der Waals surface area contributed by atoms with Crippen molar-refractivity contribution in [3.05, 3.63) is 24.3 Å². The van der Waals surface area contributed by atoms with Gasteiger partial charge in [-0.1, -0.05) is 6.07 Å². The molecule has 0 unspecified atom stereocenters. The Morgan fingerprint density at radius 3 is 2.56 bits per heavy atom. The van der Waals surface area contributed by atoms with E-state index in [1.165, 1.54) is 0 Å². The van der Waals surface area contributed by atoms with Gasteiger partial charge < -0.3 is 20.3 Å². The van der Waals surface area contributed by atoms with Gasteiger partial charge in [-0.25, -0.2) is 0 Å². The Morgan fingerprint density at radius 1 is 1.20 bits per heavy atom. The standard InChI is InChI=1S/C18H23N3O4/c1-25-15-4-2-3-14(10-15)21-11-13(9-16(21)22)18(24)20-7-5-12(6-8-20)17(19)23/h2-4,10,12-13H,5-9,11H2,1H3,(H2,19,23)/t13-/m0/s1. The number of carbonyl (C=O) groups is 3. The number of primary amides is 1. The Morgan fingerprint density at radius 2 is 1.92 bits per heavy atom. The molecule has 0 bridgehead atoms. The van der Waals surface area contributed by atoms with Crippen LogP contribution in [-0.4, -0.2) is 49.4 Å². The Balaban J connectivity index is 1.64. The van der Waals surface area contributed by atoms with Gasteiger partial charge in [0.25, 0.3) is 0 Å². The monoisotopic (exact) mass is 345 g/mol. The van der Waals surface area contributed by atoms with Gasteiger partial charge in [0, 0.05) is 43.7 Å². The fourth-order valence-electron chi connectivity index (χ4n) is 3.54. The van der Waals surface area contributed by atoms with Crippen LogP contribution in [0, 0.1) is 11.8 Å². The van der Waals surface area contributed by atoms with Crippen molar-refractivity contribution in [1.29, 1.82) is 0 Å². The average molecular weight is 345 g/mol. The predicted molar refractivity (Wildman–Crippen MR) is 92.0 cm³/mol. The summed E-state index contributed by atoms with van der Waals surface area (Å²) in [7, 11) is 1.58. The number of carbonyl (C=O) groups excluding carboxylic acids is 3. The van der Waals surface area contributed by atoms with Gasteiger partial charge in [0.2, 0.25) is 17.7 Å². The van der Waals surface area contributed by atoms with Crippen LogP contribution in [0.2, 0.25) is 0 Å². The highest BCUT2D eigenvalue weighted by Gasteiger charge is 2.38. The summed E-state index contributed by atoms with van der Waals surface area (Å²) >= 11 is 0. The van der Waals surface area contributed by atoms with Gasteiger partial charge in [-0.05, 0) is 25.0 Å². The summed E-state index contributed by atoms with van der Waals surface area (Å²) in [5.41, 5.74) is 6.07. The van der Waals surface area contributed by atoms with E-state index in [4.69, 9.17) is 10.5 Å². The zero-order valence-corrected chi connectivity index (χ0v) is 14.3. The normalized spacial score (nSPS) is 21.5. The molecule has 0 aromatic heterocycles. The van der Waals surface area contributed by atoms with Gasteiger partial charge >= 0.3 is 0 Å². The summed E-state index contributed by atoms with van der Waals surface area (Å²) in [4.78, 5) is 39.7. The molecule has 3 rings (SSSR count). The number of methoxy groups -OCH3 is 1. The maximum atomic E-state index is 12.7. The van der Waals surface area contributed by atoms with Crippen molar-refractivity contribution in [2.75, 3.05) is 31.6 Å². The highest BCUT2D eigenvalue weighted by molar-refractivity contribution is 6.00. The third-order valence-electron chi connectivity index (χ3n) is 5.05. The maximum absolute atomic E-state index is 12.7. The molecule has 0 aliphatic carbocycles. The van der Waals surface area contributed by atoms with Crippen molar-refractivity contribution >= 4 is 23.4 Å². The Labute approximate surface area is 146 Å². The quantitative estimate of drug-likeness (QED) is 0.872. The van der Waals surface area contributed by atoms with E-state index in [1.807, 2.05) is 18.2 Å². The van der Waals surface area contributed by atoms with Crippen LogP contribution in [-0.2, 0) is 14.4 Å². The minimum atomic E-state index is -0.344. The van der Waals surface area contributed by atoms with Crippen LogP contribution in [0.25, 0.3) is 0 Å². The van der Waals surface area contributed by atoms with Gasteiger partial charge in [0.15, 0.2) is 0 Å². The number of anilines is 1. The van der Waals surface area contributed by atoms with Crippen molar-refractivity contribution in [3.63, 3.8) is 0 Å². The fraction of sp³-hybridized carbons (Fsp3) is 0.500. The van der Waals surface area contributed by atoms with Crippen molar-refractivity contribution in [2.45, 2.75) is 19.3 Å². The number of rotatable bonds is 4. The van der Waals surface area contributed by atoms with Gasteiger partial charge in [0.1, 0.15) is 5.75 Å². The minimum Gasteiger partial charge on any atom is -0.497 e. The summed E-state index contributed by atoms with van der Waals surface area (Å²) in [5.74, 6) is -0.187. The number of amides is 3. The van der Waals surface area contributed by atoms with E-state index in [1.54, 1.807) is 23.0 Å². The van der Waals surface area contributed by atoms with Crippen LogP contribution in [0.4, 0.5) is 5.69 Å². The number of ether oxygens (including phenoxy) is 1. The first-order valence-electron chi connectivity index (χ1n) is 8.52. The zero-order valence-electron chi connectivity index (χ0n) is 14.3. The molecule has 2 aliphatic heterocycles. The second kappa shape index (κ2) is 7.13. The number of piperidine rings is 1. The first-order valence-corrected chi connectivity index (χ1v) is 8.52. The lowest BCUT2D eigenvalue weighted by Gasteiger charge is -2.32. The van der Waals surface area contributed by atoms with Crippen molar-refractivity contribution in [1.82, 2.24) is 4.90 Å². The molecule has 0 saturated carbocycles. The Kier molecular flexibility index (Phi) is 4.92. The predicted octanol–water partition coefficient (Wildman–Crippen LogP) is 0.772. The van der Waals surface area contributed by atoms with E-state index in [2.05, 4.69) is 0 Å². The molecule has 2 heterocycles. The molecule has 2 aliphatic rings. The topological polar surface area (TPSA) is 92.9 Å². The summed E-state index contributed by atoms with van der Waals surface area (Å²) < 4.78 is 5.20. The maximum Gasteiger partial charge on any atom is 0.228 e. The molecule has 1 aromatic rings. The van der Waals surface area contributed by atoms with Gasteiger partial charge in [-0.2, -0.15) is 0 Å². The van der Waals surface area contributed by atoms with Crippen molar-refractivity contribution in [3.8, 4) is 5.75 Å². The highest BCUT2D eigenvalue weighted by Crippen LogP contribution is 2.29. The van der Waals surface area contributed by atoms with E-state index < -0.39 is 0 Å². The van der Waals surface area contributed by atoms with Crippen molar-refractivity contribution in [2.24, 2.45) is 17.6 Å². The van der Waals surface area contributed by atoms with Gasteiger partial charge in [0.05, 0.1) is 13.0 Å². The van der Waals surface area contributed by atoms with E-state index in [-0.39, 0.29) is 36.0 Å². The summed E-state index contributed by atoms with van der Waals surface area (Å²) in [6.07, 6.45) is 1.41. The number of hydrogen-bond acceptors (Lipinski definition) is 4.